The van der Waals surface area contributed by atoms with Crippen LogP contribution in [0.15, 0.2) is 0 Å². The Hall–Kier alpha value is 0.790. The number of hydrogen-bond donors (Lipinski definition) is 1. The first-order valence-electron chi connectivity index (χ1n) is 5.41. The molecule has 0 aliphatic rings. The number of hydrogen-bond acceptors (Lipinski definition) is 6. The normalized spacial score (nSPS) is 9.22. The standard InChI is InChI=1S/C4H10O2.C3H8O3S.C3H8O.Na/c1-5-3-4-6-2;1-2-3-7(4,5)6;1-2-3-4;/h3-4H2,1-2H3;2-3H2,1H3,(H,4,5,6);4H,2-3H2,1H3;/q;;;+1/p-1. The Bertz CT molecular complexity index is 202. The van der Waals surface area contributed by atoms with Crippen molar-refractivity contribution in [2.24, 2.45) is 0 Å². The molecule has 0 amide bonds. The summed E-state index contributed by atoms with van der Waals surface area (Å²) >= 11 is 0. The zero-order valence-electron chi connectivity index (χ0n) is 12.1. The molecule has 0 aromatic carbocycles. The second-order valence-corrected chi connectivity index (χ2v) is 4.49. The molecular formula is C10H25NaO6S. The van der Waals surface area contributed by atoms with Crippen molar-refractivity contribution in [1.29, 1.82) is 0 Å². The minimum Gasteiger partial charge on any atom is -0.748 e. The summed E-state index contributed by atoms with van der Waals surface area (Å²) in [5, 5.41) is 7.88. The van der Waals surface area contributed by atoms with Gasteiger partial charge in [-0.15, -0.1) is 0 Å². The van der Waals surface area contributed by atoms with Crippen molar-refractivity contribution in [3.63, 3.8) is 0 Å². The van der Waals surface area contributed by atoms with E-state index in [1.165, 1.54) is 0 Å². The Kier molecular flexibility index (Phi) is 34.6. The van der Waals surface area contributed by atoms with Crippen molar-refractivity contribution in [3.05, 3.63) is 0 Å². The molecule has 18 heavy (non-hydrogen) atoms. The summed E-state index contributed by atoms with van der Waals surface area (Å²) in [6, 6.07) is 0. The Morgan fingerprint density at radius 3 is 1.44 bits per heavy atom. The van der Waals surface area contributed by atoms with Gasteiger partial charge in [0.25, 0.3) is 0 Å². The fourth-order valence-electron chi connectivity index (χ4n) is 0.417. The summed E-state index contributed by atoms with van der Waals surface area (Å²) in [5.74, 6) is -0.243. The van der Waals surface area contributed by atoms with E-state index in [1.807, 2.05) is 6.92 Å². The third-order valence-electron chi connectivity index (χ3n) is 1.17. The smallest absolute Gasteiger partial charge is 0.748 e. The molecule has 0 spiro atoms. The minimum atomic E-state index is -3.92. The third-order valence-corrected chi connectivity index (χ3v) is 2.08. The van der Waals surface area contributed by atoms with Crippen LogP contribution in [0.1, 0.15) is 26.7 Å². The molecule has 0 unspecified atom stereocenters. The summed E-state index contributed by atoms with van der Waals surface area (Å²) in [6.07, 6.45) is 1.28. The second-order valence-electron chi connectivity index (χ2n) is 2.97. The molecule has 8 heteroatoms. The molecule has 0 aliphatic carbocycles. The molecule has 6 nitrogen and oxygen atoms in total. The van der Waals surface area contributed by atoms with E-state index in [9.17, 15) is 13.0 Å². The van der Waals surface area contributed by atoms with E-state index in [-0.39, 0.29) is 35.3 Å². The number of aliphatic hydroxyl groups is 1. The zero-order valence-corrected chi connectivity index (χ0v) is 15.0. The van der Waals surface area contributed by atoms with Gasteiger partial charge in [0.15, 0.2) is 0 Å². The van der Waals surface area contributed by atoms with E-state index in [1.54, 1.807) is 21.1 Å². The molecule has 0 saturated carbocycles. The molecule has 0 saturated heterocycles. The van der Waals surface area contributed by atoms with Gasteiger partial charge < -0.3 is 19.1 Å². The molecule has 0 radical (unpaired) electrons. The molecule has 1 N–H and O–H groups in total. The predicted octanol–water partition coefficient (Wildman–Crippen LogP) is -2.39. The van der Waals surface area contributed by atoms with Gasteiger partial charge in [0.2, 0.25) is 0 Å². The average molecular weight is 296 g/mol. The largest absolute Gasteiger partial charge is 1.00 e. The van der Waals surface area contributed by atoms with Gasteiger partial charge in [-0.05, 0) is 12.8 Å². The maximum atomic E-state index is 9.68. The molecule has 0 rings (SSSR count). The zero-order chi connectivity index (χ0) is 14.2. The SMILES string of the molecule is CCCO.CCCS(=O)(=O)[O-].COCCOC.[Na+]. The van der Waals surface area contributed by atoms with Crippen LogP contribution in [-0.4, -0.2) is 57.9 Å². The Labute approximate surface area is 133 Å². The van der Waals surface area contributed by atoms with E-state index in [2.05, 4.69) is 9.47 Å². The third kappa shape index (κ3) is 54.2. The summed E-state index contributed by atoms with van der Waals surface area (Å²) in [5.41, 5.74) is 0. The number of ether oxygens (including phenoxy) is 2. The van der Waals surface area contributed by atoms with E-state index in [0.29, 0.717) is 26.2 Å². The van der Waals surface area contributed by atoms with E-state index >= 15 is 0 Å². The quantitative estimate of drug-likeness (QED) is 0.334. The first-order chi connectivity index (χ1) is 7.89. The average Bonchev–Trinajstić information content (AvgIpc) is 2.26. The van der Waals surface area contributed by atoms with Crippen molar-refractivity contribution in [2.75, 3.05) is 39.8 Å². The molecular weight excluding hydrogens is 271 g/mol. The van der Waals surface area contributed by atoms with Crippen LogP contribution in [0.25, 0.3) is 0 Å². The van der Waals surface area contributed by atoms with Crippen LogP contribution < -0.4 is 29.6 Å². The predicted molar refractivity (Wildman–Crippen MR) is 66.0 cm³/mol. The molecule has 0 aromatic heterocycles. The molecule has 0 aromatic rings. The second kappa shape index (κ2) is 22.9. The molecule has 108 valence electrons. The minimum absolute atomic E-state index is 0. The van der Waals surface area contributed by atoms with Gasteiger partial charge in [0.05, 0.1) is 23.3 Å². The Morgan fingerprint density at radius 1 is 1.06 bits per heavy atom. The van der Waals surface area contributed by atoms with E-state index < -0.39 is 10.1 Å². The van der Waals surface area contributed by atoms with Gasteiger partial charge in [0, 0.05) is 26.6 Å². The van der Waals surface area contributed by atoms with Gasteiger partial charge >= 0.3 is 29.6 Å². The van der Waals surface area contributed by atoms with Crippen LogP contribution in [0.5, 0.6) is 0 Å². The maximum Gasteiger partial charge on any atom is 1.00 e. The van der Waals surface area contributed by atoms with Crippen molar-refractivity contribution in [1.82, 2.24) is 0 Å². The topological polar surface area (TPSA) is 95.9 Å². The van der Waals surface area contributed by atoms with Gasteiger partial charge in [-0.3, -0.25) is 0 Å². The molecule has 0 fully saturated rings. The molecule has 0 heterocycles. The molecule has 0 atom stereocenters. The fraction of sp³-hybridized carbons (Fsp3) is 1.00. The first kappa shape index (κ1) is 27.2. The Balaban J connectivity index is -0.0000000823. The van der Waals surface area contributed by atoms with Crippen LogP contribution >= 0.6 is 0 Å². The van der Waals surface area contributed by atoms with Gasteiger partial charge in [0.1, 0.15) is 0 Å². The van der Waals surface area contributed by atoms with Crippen molar-refractivity contribution in [3.8, 4) is 0 Å². The van der Waals surface area contributed by atoms with E-state index in [0.717, 1.165) is 6.42 Å². The van der Waals surface area contributed by atoms with Crippen LogP contribution in [0.3, 0.4) is 0 Å². The first-order valence-corrected chi connectivity index (χ1v) is 6.99. The Morgan fingerprint density at radius 2 is 1.39 bits per heavy atom. The number of rotatable bonds is 6. The van der Waals surface area contributed by atoms with Crippen molar-refractivity contribution >= 4 is 10.1 Å². The number of methoxy groups -OCH3 is 2. The fourth-order valence-corrected chi connectivity index (χ4v) is 0.917. The molecule has 0 aliphatic heterocycles. The van der Waals surface area contributed by atoms with Crippen LogP contribution in [0.4, 0.5) is 0 Å². The van der Waals surface area contributed by atoms with Crippen LogP contribution in [-0.2, 0) is 19.6 Å². The van der Waals surface area contributed by atoms with Crippen LogP contribution in [0, 0.1) is 0 Å². The summed E-state index contributed by atoms with van der Waals surface area (Å²) in [6.45, 7) is 5.28. The maximum absolute atomic E-state index is 9.68. The molecule has 0 bridgehead atoms. The van der Waals surface area contributed by atoms with Crippen molar-refractivity contribution in [2.45, 2.75) is 26.7 Å². The van der Waals surface area contributed by atoms with E-state index in [4.69, 9.17) is 5.11 Å². The summed E-state index contributed by atoms with van der Waals surface area (Å²) < 4.78 is 38.3. The summed E-state index contributed by atoms with van der Waals surface area (Å²) in [4.78, 5) is 0. The van der Waals surface area contributed by atoms with Crippen molar-refractivity contribution < 1.29 is 57.1 Å². The summed E-state index contributed by atoms with van der Waals surface area (Å²) in [7, 11) is -0.621. The van der Waals surface area contributed by atoms with Gasteiger partial charge in [-0.25, -0.2) is 8.42 Å². The van der Waals surface area contributed by atoms with Gasteiger partial charge in [-0.2, -0.15) is 0 Å². The van der Waals surface area contributed by atoms with Gasteiger partial charge in [-0.1, -0.05) is 13.8 Å². The van der Waals surface area contributed by atoms with Crippen LogP contribution in [0.2, 0.25) is 0 Å². The number of aliphatic hydroxyl groups excluding tert-OH is 1. The monoisotopic (exact) mass is 296 g/mol.